The maximum absolute atomic E-state index is 12.9. The quantitative estimate of drug-likeness (QED) is 0.841. The van der Waals surface area contributed by atoms with Crippen LogP contribution in [0.4, 0.5) is 5.69 Å². The molecule has 0 bridgehead atoms. The molecule has 0 unspecified atom stereocenters. The summed E-state index contributed by atoms with van der Waals surface area (Å²) >= 11 is 0. The predicted octanol–water partition coefficient (Wildman–Crippen LogP) is 2.01. The van der Waals surface area contributed by atoms with Crippen LogP contribution in [0, 0.1) is 0 Å². The van der Waals surface area contributed by atoms with E-state index in [1.54, 1.807) is 31.4 Å². The maximum atomic E-state index is 12.9. The third kappa shape index (κ3) is 3.15. The Morgan fingerprint density at radius 1 is 1.11 bits per heavy atom. The van der Waals surface area contributed by atoms with Gasteiger partial charge in [0.15, 0.2) is 0 Å². The highest BCUT2D eigenvalue weighted by Gasteiger charge is 2.40. The van der Waals surface area contributed by atoms with Crippen LogP contribution in [0.25, 0.3) is 0 Å². The van der Waals surface area contributed by atoms with Gasteiger partial charge in [0.2, 0.25) is 10.0 Å². The molecule has 8 heteroatoms. The Hall–Kier alpha value is -2.58. The number of nitrogens with two attached hydrogens (primary N) is 1. The lowest BCUT2D eigenvalue weighted by molar-refractivity contribution is 0.260. The molecule has 27 heavy (non-hydrogen) atoms. The van der Waals surface area contributed by atoms with Crippen molar-refractivity contribution >= 4 is 21.5 Å². The van der Waals surface area contributed by atoms with E-state index in [2.05, 4.69) is 10.3 Å². The minimum absolute atomic E-state index is 0.268. The summed E-state index contributed by atoms with van der Waals surface area (Å²) in [6, 6.07) is 14.2. The van der Waals surface area contributed by atoms with Crippen molar-refractivity contribution in [3.05, 3.63) is 54.1 Å². The van der Waals surface area contributed by atoms with Gasteiger partial charge >= 0.3 is 0 Å². The molecule has 0 radical (unpaired) electrons. The topological polar surface area (TPSA) is 97.0 Å². The molecule has 0 atom stereocenters. The Balaban J connectivity index is 1.53. The lowest BCUT2D eigenvalue weighted by atomic mass is 9.95. The van der Waals surface area contributed by atoms with Crippen molar-refractivity contribution < 1.29 is 13.2 Å². The fourth-order valence-corrected chi connectivity index (χ4v) is 5.06. The van der Waals surface area contributed by atoms with Gasteiger partial charge in [-0.1, -0.05) is 12.1 Å². The first-order valence-electron chi connectivity index (χ1n) is 8.81. The van der Waals surface area contributed by atoms with Gasteiger partial charge in [-0.15, -0.1) is 0 Å². The van der Waals surface area contributed by atoms with Crippen molar-refractivity contribution in [2.45, 2.75) is 23.4 Å². The third-order valence-electron chi connectivity index (χ3n) is 5.15. The minimum Gasteiger partial charge on any atom is -0.497 e. The Bertz CT molecular complexity index is 978. The smallest absolute Gasteiger partial charge is 0.243 e. The number of fused-ring (bicyclic) bond motifs is 1. The lowest BCUT2D eigenvalue weighted by Crippen LogP contribution is -2.52. The number of benzene rings is 2. The molecule has 2 aromatic rings. The monoisotopic (exact) mass is 386 g/mol. The van der Waals surface area contributed by atoms with E-state index >= 15 is 0 Å². The normalized spacial score (nSPS) is 19.1. The van der Waals surface area contributed by atoms with Crippen LogP contribution in [0.2, 0.25) is 0 Å². The number of piperidine rings is 1. The van der Waals surface area contributed by atoms with E-state index in [9.17, 15) is 8.42 Å². The van der Waals surface area contributed by atoms with E-state index in [1.165, 1.54) is 4.31 Å². The van der Waals surface area contributed by atoms with Gasteiger partial charge in [-0.2, -0.15) is 4.31 Å². The van der Waals surface area contributed by atoms with Crippen molar-refractivity contribution in [1.29, 1.82) is 0 Å². The predicted molar refractivity (Wildman–Crippen MR) is 105 cm³/mol. The molecule has 2 heterocycles. The van der Waals surface area contributed by atoms with Crippen LogP contribution < -0.4 is 15.8 Å². The van der Waals surface area contributed by atoms with Gasteiger partial charge in [0, 0.05) is 37.2 Å². The molecule has 2 aliphatic heterocycles. The number of rotatable bonds is 3. The van der Waals surface area contributed by atoms with Crippen LogP contribution in [-0.2, 0) is 10.0 Å². The van der Waals surface area contributed by atoms with E-state index in [0.29, 0.717) is 37.5 Å². The second kappa shape index (κ2) is 6.54. The molecule has 0 saturated carbocycles. The Kier molecular flexibility index (Phi) is 4.32. The first-order chi connectivity index (χ1) is 12.9. The first kappa shape index (κ1) is 17.8. The molecule has 2 aromatic carbocycles. The van der Waals surface area contributed by atoms with Crippen LogP contribution in [0.3, 0.4) is 0 Å². The maximum Gasteiger partial charge on any atom is 0.243 e. The number of hydrogen-bond donors (Lipinski definition) is 2. The second-order valence-corrected chi connectivity index (χ2v) is 8.72. The summed E-state index contributed by atoms with van der Waals surface area (Å²) in [5.74, 6) is 1.12. The minimum atomic E-state index is -3.55. The van der Waals surface area contributed by atoms with Gasteiger partial charge in [0.25, 0.3) is 0 Å². The Labute approximate surface area is 158 Å². The van der Waals surface area contributed by atoms with Crippen molar-refractivity contribution in [1.82, 2.24) is 4.31 Å². The van der Waals surface area contributed by atoms with Crippen LogP contribution in [0.1, 0.15) is 18.4 Å². The van der Waals surface area contributed by atoms with Crippen LogP contribution in [0.5, 0.6) is 5.75 Å². The molecule has 7 nitrogen and oxygen atoms in total. The standard InChI is InChI=1S/C19H22N4O3S/c1-26-14-6-8-15(9-7-14)27(24,25)23-12-10-19(11-13-23)21-17-5-3-2-4-16(17)18(20)22-19/h2-9,21H,10-13H2,1H3,(H2,20,22). The number of anilines is 1. The number of methoxy groups -OCH3 is 1. The molecule has 0 aliphatic carbocycles. The number of sulfonamides is 1. The molecule has 2 aliphatic rings. The molecule has 1 fully saturated rings. The van der Waals surface area contributed by atoms with Crippen molar-refractivity contribution in [2.75, 3.05) is 25.5 Å². The van der Waals surface area contributed by atoms with E-state index in [1.807, 2.05) is 24.3 Å². The lowest BCUT2D eigenvalue weighted by Gasteiger charge is -2.42. The number of amidine groups is 1. The van der Waals surface area contributed by atoms with Gasteiger partial charge in [-0.3, -0.25) is 0 Å². The summed E-state index contributed by atoms with van der Waals surface area (Å²) in [5.41, 5.74) is 7.43. The molecular formula is C19H22N4O3S. The number of ether oxygens (including phenoxy) is 1. The SMILES string of the molecule is COc1ccc(S(=O)(=O)N2CCC3(CC2)N=C(N)c2ccccc2N3)cc1. The van der Waals surface area contributed by atoms with Gasteiger partial charge in [0.05, 0.1) is 12.0 Å². The molecule has 0 aromatic heterocycles. The van der Waals surface area contributed by atoms with Gasteiger partial charge in [0.1, 0.15) is 17.2 Å². The third-order valence-corrected chi connectivity index (χ3v) is 7.06. The summed E-state index contributed by atoms with van der Waals surface area (Å²) in [6.45, 7) is 0.751. The summed E-state index contributed by atoms with van der Waals surface area (Å²) < 4.78 is 32.5. The molecule has 1 spiro atoms. The molecule has 0 amide bonds. The molecule has 1 saturated heterocycles. The molecule has 142 valence electrons. The van der Waals surface area contributed by atoms with Crippen LogP contribution >= 0.6 is 0 Å². The van der Waals surface area contributed by atoms with E-state index in [4.69, 9.17) is 10.5 Å². The zero-order valence-corrected chi connectivity index (χ0v) is 15.9. The Morgan fingerprint density at radius 3 is 2.44 bits per heavy atom. The number of nitrogens with one attached hydrogen (secondary N) is 1. The molecule has 4 rings (SSSR count). The number of aliphatic imine (C=N–C) groups is 1. The van der Waals surface area contributed by atoms with Crippen molar-refractivity contribution in [2.24, 2.45) is 10.7 Å². The zero-order chi connectivity index (χ0) is 19.1. The molecule has 3 N–H and O–H groups in total. The van der Waals surface area contributed by atoms with Crippen LogP contribution in [0.15, 0.2) is 58.4 Å². The first-order valence-corrected chi connectivity index (χ1v) is 10.2. The largest absolute Gasteiger partial charge is 0.497 e. The average Bonchev–Trinajstić information content (AvgIpc) is 2.68. The Morgan fingerprint density at radius 2 is 1.78 bits per heavy atom. The summed E-state index contributed by atoms with van der Waals surface area (Å²) in [6.07, 6.45) is 1.11. The van der Waals surface area contributed by atoms with Gasteiger partial charge in [-0.05, 0) is 36.4 Å². The summed E-state index contributed by atoms with van der Waals surface area (Å²) in [5, 5.41) is 3.46. The number of hydrogen-bond acceptors (Lipinski definition) is 6. The zero-order valence-electron chi connectivity index (χ0n) is 15.1. The summed E-state index contributed by atoms with van der Waals surface area (Å²) in [7, 11) is -2.00. The second-order valence-electron chi connectivity index (χ2n) is 6.78. The van der Waals surface area contributed by atoms with Crippen LogP contribution in [-0.4, -0.2) is 44.4 Å². The average molecular weight is 386 g/mol. The van der Waals surface area contributed by atoms with E-state index in [0.717, 1.165) is 11.3 Å². The van der Waals surface area contributed by atoms with Crippen molar-refractivity contribution in [3.63, 3.8) is 0 Å². The highest BCUT2D eigenvalue weighted by Crippen LogP contribution is 2.35. The highest BCUT2D eigenvalue weighted by molar-refractivity contribution is 7.89. The fourth-order valence-electron chi connectivity index (χ4n) is 3.61. The summed E-state index contributed by atoms with van der Waals surface area (Å²) in [4.78, 5) is 4.94. The van der Waals surface area contributed by atoms with Gasteiger partial charge in [-0.25, -0.2) is 13.4 Å². The van der Waals surface area contributed by atoms with Gasteiger partial charge < -0.3 is 15.8 Å². The van der Waals surface area contributed by atoms with E-state index < -0.39 is 15.7 Å². The number of para-hydroxylation sites is 1. The fraction of sp³-hybridized carbons (Fsp3) is 0.316. The van der Waals surface area contributed by atoms with E-state index in [-0.39, 0.29) is 4.90 Å². The highest BCUT2D eigenvalue weighted by atomic mass is 32.2. The van der Waals surface area contributed by atoms with Crippen molar-refractivity contribution in [3.8, 4) is 5.75 Å². The number of nitrogens with zero attached hydrogens (tertiary/aromatic N) is 2. The molecular weight excluding hydrogens is 364 g/mol.